The first kappa shape index (κ1) is 18.8. The average molecular weight is 358 g/mol. The highest BCUT2D eigenvalue weighted by Crippen LogP contribution is 2.29. The number of carboxylic acids is 1. The van der Waals surface area contributed by atoms with Crippen molar-refractivity contribution < 1.29 is 32.7 Å². The molecule has 6 nitrogen and oxygen atoms in total. The van der Waals surface area contributed by atoms with E-state index in [1.165, 1.54) is 0 Å². The van der Waals surface area contributed by atoms with Gasteiger partial charge in [-0.15, -0.1) is 0 Å². The Bertz CT molecular complexity index is 658. The average Bonchev–Trinajstić information content (AvgIpc) is 3.00. The summed E-state index contributed by atoms with van der Waals surface area (Å²) in [5, 5.41) is 13.8. The van der Waals surface area contributed by atoms with Gasteiger partial charge in [-0.25, -0.2) is 0 Å². The molecule has 1 saturated carbocycles. The molecular weight excluding hydrogens is 341 g/mol. The first-order chi connectivity index (χ1) is 11.7. The van der Waals surface area contributed by atoms with Crippen LogP contribution in [0.2, 0.25) is 0 Å². The second-order valence-corrected chi connectivity index (χ2v) is 5.87. The Morgan fingerprint density at radius 1 is 1.12 bits per heavy atom. The second-order valence-electron chi connectivity index (χ2n) is 5.87. The summed E-state index contributed by atoms with van der Waals surface area (Å²) in [6.45, 7) is -0.339. The lowest BCUT2D eigenvalue weighted by Gasteiger charge is -2.13. The highest BCUT2D eigenvalue weighted by Gasteiger charge is 2.31. The number of carbonyl (C=O) groups is 3. The van der Waals surface area contributed by atoms with Crippen LogP contribution in [0.25, 0.3) is 0 Å². The van der Waals surface area contributed by atoms with Crippen LogP contribution in [-0.4, -0.2) is 35.5 Å². The molecule has 25 heavy (non-hydrogen) atoms. The predicted octanol–water partition coefficient (Wildman–Crippen LogP) is 1.80. The third-order valence-electron chi connectivity index (χ3n) is 4.03. The normalized spacial score (nSPS) is 20.1. The lowest BCUT2D eigenvalue weighted by atomic mass is 10.1. The van der Waals surface area contributed by atoms with Crippen molar-refractivity contribution in [2.75, 3.05) is 6.54 Å². The Balaban J connectivity index is 1.80. The molecule has 0 spiro atoms. The summed E-state index contributed by atoms with van der Waals surface area (Å²) in [5.41, 5.74) is -0.858. The summed E-state index contributed by atoms with van der Waals surface area (Å²) in [4.78, 5) is 34.5. The molecule has 0 radical (unpaired) electrons. The van der Waals surface area contributed by atoms with Crippen LogP contribution < -0.4 is 10.6 Å². The van der Waals surface area contributed by atoms with Gasteiger partial charge < -0.3 is 15.7 Å². The van der Waals surface area contributed by atoms with E-state index < -0.39 is 35.4 Å². The van der Waals surface area contributed by atoms with Crippen molar-refractivity contribution in [1.82, 2.24) is 10.6 Å². The van der Waals surface area contributed by atoms with Gasteiger partial charge in [0.1, 0.15) is 0 Å². The maximum atomic E-state index is 12.5. The quantitative estimate of drug-likeness (QED) is 0.748. The van der Waals surface area contributed by atoms with Gasteiger partial charge in [0.2, 0.25) is 5.91 Å². The van der Waals surface area contributed by atoms with Crippen molar-refractivity contribution >= 4 is 17.8 Å². The van der Waals surface area contributed by atoms with Gasteiger partial charge in [0, 0.05) is 11.6 Å². The minimum atomic E-state index is -4.48. The molecule has 1 aliphatic rings. The van der Waals surface area contributed by atoms with E-state index in [-0.39, 0.29) is 18.2 Å². The maximum Gasteiger partial charge on any atom is 0.416 e. The van der Waals surface area contributed by atoms with Crippen LogP contribution in [-0.2, 0) is 15.8 Å². The minimum Gasteiger partial charge on any atom is -0.481 e. The van der Waals surface area contributed by atoms with Gasteiger partial charge in [0.15, 0.2) is 0 Å². The molecular formula is C16H17F3N2O4. The maximum absolute atomic E-state index is 12.5. The van der Waals surface area contributed by atoms with Gasteiger partial charge in [-0.05, 0) is 43.5 Å². The summed E-state index contributed by atoms with van der Waals surface area (Å²) in [6.07, 6.45) is -3.11. The lowest BCUT2D eigenvalue weighted by molar-refractivity contribution is -0.141. The fraction of sp³-hybridized carbons (Fsp3) is 0.438. The van der Waals surface area contributed by atoms with E-state index in [1.807, 2.05) is 0 Å². The smallest absolute Gasteiger partial charge is 0.416 e. The molecule has 1 fully saturated rings. The third kappa shape index (κ3) is 5.20. The SMILES string of the molecule is O=C(CNC(=O)c1ccc(C(F)(F)F)cc1)N[C@H]1CC[C@@H](C(=O)O)C1. The van der Waals surface area contributed by atoms with Crippen molar-refractivity contribution in [3.8, 4) is 0 Å². The molecule has 2 atom stereocenters. The molecule has 0 aromatic heterocycles. The first-order valence-corrected chi connectivity index (χ1v) is 7.64. The van der Waals surface area contributed by atoms with Crippen LogP contribution in [0.5, 0.6) is 0 Å². The number of hydrogen-bond acceptors (Lipinski definition) is 3. The number of alkyl halides is 3. The van der Waals surface area contributed by atoms with Crippen molar-refractivity contribution in [2.24, 2.45) is 5.92 Å². The monoisotopic (exact) mass is 358 g/mol. The molecule has 0 saturated heterocycles. The number of carboxylic acid groups (broad SMARTS) is 1. The molecule has 3 N–H and O–H groups in total. The van der Waals surface area contributed by atoms with Gasteiger partial charge in [-0.2, -0.15) is 13.2 Å². The second kappa shape index (κ2) is 7.54. The number of rotatable bonds is 5. The Morgan fingerprint density at radius 2 is 1.76 bits per heavy atom. The van der Waals surface area contributed by atoms with Crippen LogP contribution in [0.3, 0.4) is 0 Å². The Hall–Kier alpha value is -2.58. The summed E-state index contributed by atoms with van der Waals surface area (Å²) < 4.78 is 37.4. The zero-order valence-electron chi connectivity index (χ0n) is 13.1. The number of hydrogen-bond donors (Lipinski definition) is 3. The zero-order valence-corrected chi connectivity index (χ0v) is 13.1. The van der Waals surface area contributed by atoms with Crippen molar-refractivity contribution in [3.63, 3.8) is 0 Å². The van der Waals surface area contributed by atoms with E-state index in [9.17, 15) is 27.6 Å². The fourth-order valence-corrected chi connectivity index (χ4v) is 2.69. The largest absolute Gasteiger partial charge is 0.481 e. The number of benzene rings is 1. The molecule has 1 aromatic carbocycles. The van der Waals surface area contributed by atoms with E-state index in [2.05, 4.69) is 10.6 Å². The van der Waals surface area contributed by atoms with Gasteiger partial charge in [-0.1, -0.05) is 0 Å². The Kier molecular flexibility index (Phi) is 5.66. The number of amides is 2. The van der Waals surface area contributed by atoms with Gasteiger partial charge >= 0.3 is 12.1 Å². The number of carbonyl (C=O) groups excluding carboxylic acids is 2. The molecule has 0 aliphatic heterocycles. The lowest BCUT2D eigenvalue weighted by Crippen LogP contribution is -2.41. The summed E-state index contributed by atoms with van der Waals surface area (Å²) in [7, 11) is 0. The third-order valence-corrected chi connectivity index (χ3v) is 4.03. The molecule has 9 heteroatoms. The van der Waals surface area contributed by atoms with Crippen LogP contribution in [0.4, 0.5) is 13.2 Å². The van der Waals surface area contributed by atoms with Gasteiger partial charge in [0.05, 0.1) is 18.0 Å². The zero-order chi connectivity index (χ0) is 18.6. The Labute approximate surface area is 141 Å². The van der Waals surface area contributed by atoms with Crippen LogP contribution in [0, 0.1) is 5.92 Å². The van der Waals surface area contributed by atoms with E-state index in [0.29, 0.717) is 19.3 Å². The van der Waals surface area contributed by atoms with Crippen LogP contribution in [0.1, 0.15) is 35.2 Å². The summed E-state index contributed by atoms with van der Waals surface area (Å²) in [6, 6.07) is 3.39. The number of aliphatic carboxylic acids is 1. The van der Waals surface area contributed by atoms with E-state index >= 15 is 0 Å². The Morgan fingerprint density at radius 3 is 2.28 bits per heavy atom. The molecule has 1 aromatic rings. The predicted molar refractivity (Wildman–Crippen MR) is 80.7 cm³/mol. The summed E-state index contributed by atoms with van der Waals surface area (Å²) >= 11 is 0. The van der Waals surface area contributed by atoms with Crippen LogP contribution in [0.15, 0.2) is 24.3 Å². The van der Waals surface area contributed by atoms with Gasteiger partial charge in [-0.3, -0.25) is 14.4 Å². The molecule has 0 unspecified atom stereocenters. The molecule has 0 heterocycles. The van der Waals surface area contributed by atoms with Crippen molar-refractivity contribution in [3.05, 3.63) is 35.4 Å². The van der Waals surface area contributed by atoms with Crippen molar-refractivity contribution in [1.29, 1.82) is 0 Å². The molecule has 2 rings (SSSR count). The number of nitrogens with one attached hydrogen (secondary N) is 2. The molecule has 0 bridgehead atoms. The molecule has 1 aliphatic carbocycles. The van der Waals surface area contributed by atoms with E-state index in [1.54, 1.807) is 0 Å². The van der Waals surface area contributed by atoms with E-state index in [4.69, 9.17) is 5.11 Å². The van der Waals surface area contributed by atoms with Crippen LogP contribution >= 0.6 is 0 Å². The minimum absolute atomic E-state index is 0.00704. The standard InChI is InChI=1S/C16H17F3N2O4/c17-16(18,19)11-4-1-9(2-5-11)14(23)20-8-13(22)21-12-6-3-10(7-12)15(24)25/h1-2,4-5,10,12H,3,6-8H2,(H,20,23)(H,21,22)(H,24,25)/t10-,12+/m1/s1. The topological polar surface area (TPSA) is 95.5 Å². The fourth-order valence-electron chi connectivity index (χ4n) is 2.69. The first-order valence-electron chi connectivity index (χ1n) is 7.64. The van der Waals surface area contributed by atoms with Crippen molar-refractivity contribution in [2.45, 2.75) is 31.5 Å². The number of halogens is 3. The van der Waals surface area contributed by atoms with Gasteiger partial charge in [0.25, 0.3) is 5.91 Å². The summed E-state index contributed by atoms with van der Waals surface area (Å²) in [5.74, 6) is -2.52. The highest BCUT2D eigenvalue weighted by molar-refractivity contribution is 5.96. The molecule has 2 amide bonds. The molecule has 136 valence electrons. The highest BCUT2D eigenvalue weighted by atomic mass is 19.4. The van der Waals surface area contributed by atoms with E-state index in [0.717, 1.165) is 24.3 Å².